The number of hydrogen-bond donors (Lipinski definition) is 1. The van der Waals surface area contributed by atoms with Crippen LogP contribution in [0.4, 0.5) is 0 Å². The van der Waals surface area contributed by atoms with Crippen molar-refractivity contribution in [3.63, 3.8) is 0 Å². The molecule has 0 aliphatic carbocycles. The maximum atomic E-state index is 11.0. The van der Waals surface area contributed by atoms with Crippen LogP contribution in [0, 0.1) is 13.8 Å². The molecule has 3 nitrogen and oxygen atoms in total. The van der Waals surface area contributed by atoms with E-state index in [9.17, 15) is 9.90 Å². The molecule has 0 aliphatic heterocycles. The molecule has 0 bridgehead atoms. The molecule has 1 aromatic rings. The summed E-state index contributed by atoms with van der Waals surface area (Å²) in [6.07, 6.45) is -1.14. The van der Waals surface area contributed by atoms with Crippen LogP contribution in [0.5, 0.6) is 0 Å². The second-order valence-corrected chi connectivity index (χ2v) is 4.25. The standard InChI is InChI=1S/C9H12O3S/c1-5-4-7(6(2)13-5)8(10)9(11)12-3/h4,8,10H,1-3H3. The Balaban J connectivity index is 2.94. The minimum atomic E-state index is -1.14. The zero-order chi connectivity index (χ0) is 10.0. The van der Waals surface area contributed by atoms with Crippen LogP contribution in [0.25, 0.3) is 0 Å². The molecule has 4 heteroatoms. The third-order valence-electron chi connectivity index (χ3n) is 1.80. The van der Waals surface area contributed by atoms with E-state index in [-0.39, 0.29) is 0 Å². The number of esters is 1. The highest BCUT2D eigenvalue weighted by atomic mass is 32.1. The molecule has 1 aromatic heterocycles. The molecule has 0 amide bonds. The van der Waals surface area contributed by atoms with Gasteiger partial charge in [0.25, 0.3) is 0 Å². The average Bonchev–Trinajstić information content (AvgIpc) is 2.42. The predicted molar refractivity (Wildman–Crippen MR) is 50.8 cm³/mol. The Morgan fingerprint density at radius 3 is 2.62 bits per heavy atom. The van der Waals surface area contributed by atoms with Gasteiger partial charge in [-0.15, -0.1) is 11.3 Å². The summed E-state index contributed by atoms with van der Waals surface area (Å²) in [5.41, 5.74) is 0.648. The van der Waals surface area contributed by atoms with Crippen LogP contribution < -0.4 is 0 Å². The highest BCUT2D eigenvalue weighted by molar-refractivity contribution is 7.12. The van der Waals surface area contributed by atoms with Crippen LogP contribution in [0.1, 0.15) is 21.4 Å². The van der Waals surface area contributed by atoms with Crippen LogP contribution in [0.15, 0.2) is 6.07 Å². The number of aliphatic hydroxyl groups is 1. The quantitative estimate of drug-likeness (QED) is 0.737. The summed E-state index contributed by atoms with van der Waals surface area (Å²) in [7, 11) is 1.26. The summed E-state index contributed by atoms with van der Waals surface area (Å²) in [5.74, 6) is -0.610. The molecular weight excluding hydrogens is 188 g/mol. The zero-order valence-corrected chi connectivity index (χ0v) is 8.64. The number of methoxy groups -OCH3 is 1. The number of thiophene rings is 1. The van der Waals surface area contributed by atoms with Gasteiger partial charge in [-0.1, -0.05) is 0 Å². The lowest BCUT2D eigenvalue weighted by atomic mass is 10.1. The number of carbonyl (C=O) groups excluding carboxylic acids is 1. The van der Waals surface area contributed by atoms with Crippen LogP contribution in [-0.2, 0) is 9.53 Å². The van der Waals surface area contributed by atoms with E-state index in [2.05, 4.69) is 4.74 Å². The first-order valence-corrected chi connectivity index (χ1v) is 4.70. The highest BCUT2D eigenvalue weighted by Gasteiger charge is 2.21. The van der Waals surface area contributed by atoms with Gasteiger partial charge in [-0.2, -0.15) is 0 Å². The summed E-state index contributed by atoms with van der Waals surface area (Å²) in [6.45, 7) is 3.81. The fraction of sp³-hybridized carbons (Fsp3) is 0.444. The molecule has 1 atom stereocenters. The lowest BCUT2D eigenvalue weighted by Gasteiger charge is -2.06. The molecule has 1 rings (SSSR count). The Kier molecular flexibility index (Phi) is 3.06. The van der Waals surface area contributed by atoms with Crippen molar-refractivity contribution in [3.8, 4) is 0 Å². The number of aryl methyl sites for hydroxylation is 2. The lowest BCUT2D eigenvalue weighted by molar-refractivity contribution is -0.150. The van der Waals surface area contributed by atoms with Crippen molar-refractivity contribution in [1.82, 2.24) is 0 Å². The number of hydrogen-bond acceptors (Lipinski definition) is 4. The lowest BCUT2D eigenvalue weighted by Crippen LogP contribution is -2.13. The molecule has 0 aromatic carbocycles. The Bertz CT molecular complexity index is 317. The van der Waals surface area contributed by atoms with E-state index < -0.39 is 12.1 Å². The fourth-order valence-electron chi connectivity index (χ4n) is 1.16. The molecule has 0 saturated carbocycles. The normalized spacial score (nSPS) is 12.6. The minimum Gasteiger partial charge on any atom is -0.467 e. The van der Waals surface area contributed by atoms with E-state index in [0.29, 0.717) is 5.56 Å². The van der Waals surface area contributed by atoms with Gasteiger partial charge < -0.3 is 9.84 Å². The first-order valence-electron chi connectivity index (χ1n) is 3.89. The third kappa shape index (κ3) is 2.08. The Morgan fingerprint density at radius 2 is 2.23 bits per heavy atom. The molecule has 13 heavy (non-hydrogen) atoms. The Morgan fingerprint density at radius 1 is 1.62 bits per heavy atom. The zero-order valence-electron chi connectivity index (χ0n) is 7.83. The maximum absolute atomic E-state index is 11.0. The van der Waals surface area contributed by atoms with Crippen molar-refractivity contribution in [2.75, 3.05) is 7.11 Å². The third-order valence-corrected chi connectivity index (χ3v) is 2.78. The molecule has 0 radical (unpaired) electrons. The number of ether oxygens (including phenoxy) is 1. The molecule has 0 fully saturated rings. The van der Waals surface area contributed by atoms with Crippen molar-refractivity contribution in [3.05, 3.63) is 21.4 Å². The van der Waals surface area contributed by atoms with E-state index in [0.717, 1.165) is 9.75 Å². The van der Waals surface area contributed by atoms with Crippen LogP contribution >= 0.6 is 11.3 Å². The second-order valence-electron chi connectivity index (χ2n) is 2.79. The minimum absolute atomic E-state index is 0.610. The van der Waals surface area contributed by atoms with Gasteiger partial charge in [0.2, 0.25) is 0 Å². The highest BCUT2D eigenvalue weighted by Crippen LogP contribution is 2.26. The first-order chi connectivity index (χ1) is 6.06. The van der Waals surface area contributed by atoms with Crippen molar-refractivity contribution in [2.45, 2.75) is 20.0 Å². The fourth-order valence-corrected chi connectivity index (χ4v) is 2.12. The monoisotopic (exact) mass is 200 g/mol. The summed E-state index contributed by atoms with van der Waals surface area (Å²) in [6, 6.07) is 1.81. The Labute approximate surface area is 81.0 Å². The number of rotatable bonds is 2. The molecular formula is C9H12O3S. The maximum Gasteiger partial charge on any atom is 0.339 e. The van der Waals surface area contributed by atoms with Gasteiger partial charge in [0.1, 0.15) is 0 Å². The molecule has 0 spiro atoms. The van der Waals surface area contributed by atoms with Gasteiger partial charge in [0, 0.05) is 15.3 Å². The smallest absolute Gasteiger partial charge is 0.339 e. The van der Waals surface area contributed by atoms with E-state index in [1.165, 1.54) is 7.11 Å². The summed E-state index contributed by atoms with van der Waals surface area (Å²) in [4.78, 5) is 13.0. The van der Waals surface area contributed by atoms with Crippen LogP contribution in [0.3, 0.4) is 0 Å². The van der Waals surface area contributed by atoms with E-state index in [4.69, 9.17) is 0 Å². The van der Waals surface area contributed by atoms with Crippen LogP contribution in [-0.4, -0.2) is 18.2 Å². The van der Waals surface area contributed by atoms with Gasteiger partial charge in [-0.3, -0.25) is 0 Å². The van der Waals surface area contributed by atoms with E-state index in [1.54, 1.807) is 11.3 Å². The van der Waals surface area contributed by atoms with Gasteiger partial charge in [0.15, 0.2) is 6.10 Å². The number of carbonyl (C=O) groups is 1. The molecule has 1 N–H and O–H groups in total. The van der Waals surface area contributed by atoms with Crippen molar-refractivity contribution in [1.29, 1.82) is 0 Å². The predicted octanol–water partition coefficient (Wildman–Crippen LogP) is 1.57. The van der Waals surface area contributed by atoms with Gasteiger partial charge in [0.05, 0.1) is 7.11 Å². The van der Waals surface area contributed by atoms with Crippen molar-refractivity contribution in [2.24, 2.45) is 0 Å². The van der Waals surface area contributed by atoms with Crippen molar-refractivity contribution < 1.29 is 14.6 Å². The Hall–Kier alpha value is -0.870. The van der Waals surface area contributed by atoms with Crippen LogP contribution in [0.2, 0.25) is 0 Å². The van der Waals surface area contributed by atoms with Crippen molar-refractivity contribution >= 4 is 17.3 Å². The summed E-state index contributed by atoms with van der Waals surface area (Å²) < 4.78 is 4.45. The molecule has 72 valence electrons. The largest absolute Gasteiger partial charge is 0.467 e. The molecule has 0 saturated heterocycles. The molecule has 1 heterocycles. The van der Waals surface area contributed by atoms with E-state index in [1.807, 2.05) is 19.9 Å². The molecule has 0 aliphatic rings. The van der Waals surface area contributed by atoms with E-state index >= 15 is 0 Å². The number of aliphatic hydroxyl groups excluding tert-OH is 1. The second kappa shape index (κ2) is 3.89. The first kappa shape index (κ1) is 10.2. The van der Waals surface area contributed by atoms with Gasteiger partial charge in [-0.05, 0) is 19.9 Å². The molecule has 1 unspecified atom stereocenters. The van der Waals surface area contributed by atoms with Gasteiger partial charge >= 0.3 is 5.97 Å². The SMILES string of the molecule is COC(=O)C(O)c1cc(C)sc1C. The summed E-state index contributed by atoms with van der Waals surface area (Å²) >= 11 is 1.56. The average molecular weight is 200 g/mol. The topological polar surface area (TPSA) is 46.5 Å². The summed E-state index contributed by atoms with van der Waals surface area (Å²) in [5, 5.41) is 9.52. The van der Waals surface area contributed by atoms with Gasteiger partial charge in [-0.25, -0.2) is 4.79 Å².